The Morgan fingerprint density at radius 1 is 0.477 bits per heavy atom. The van der Waals surface area contributed by atoms with Crippen molar-refractivity contribution in [3.8, 4) is 16.9 Å². The minimum atomic E-state index is 0.935. The van der Waals surface area contributed by atoms with Crippen LogP contribution in [-0.2, 0) is 0 Å². The van der Waals surface area contributed by atoms with Gasteiger partial charge < -0.3 is 0 Å². The second kappa shape index (κ2) is 9.00. The van der Waals surface area contributed by atoms with Gasteiger partial charge in [0.1, 0.15) is 5.82 Å². The molecule has 3 heterocycles. The summed E-state index contributed by atoms with van der Waals surface area (Å²) >= 11 is 1.89. The van der Waals surface area contributed by atoms with Gasteiger partial charge in [0, 0.05) is 41.7 Å². The van der Waals surface area contributed by atoms with Crippen LogP contribution in [0, 0.1) is 0 Å². The first kappa shape index (κ1) is 24.0. The van der Waals surface area contributed by atoms with E-state index in [0.717, 1.165) is 16.7 Å². The van der Waals surface area contributed by atoms with E-state index in [1.165, 1.54) is 74.6 Å². The summed E-state index contributed by atoms with van der Waals surface area (Å²) in [5.74, 6) is 0.935. The molecule has 7 aromatic carbocycles. The molecule has 0 unspecified atom stereocenters. The molecule has 0 fully saturated rings. The van der Waals surface area contributed by atoms with Crippen molar-refractivity contribution in [3.63, 3.8) is 0 Å². The first-order valence-corrected chi connectivity index (χ1v) is 15.8. The maximum Gasteiger partial charge on any atom is 0.138 e. The van der Waals surface area contributed by atoms with Crippen LogP contribution in [0.15, 0.2) is 146 Å². The highest BCUT2D eigenvalue weighted by Gasteiger charge is 2.20. The van der Waals surface area contributed by atoms with Gasteiger partial charge in [-0.05, 0) is 51.6 Å². The molecule has 0 aliphatic heterocycles. The summed E-state index contributed by atoms with van der Waals surface area (Å²) in [5, 5.41) is 11.4. The van der Waals surface area contributed by atoms with Gasteiger partial charge in [0.25, 0.3) is 0 Å². The lowest BCUT2D eigenvalue weighted by Crippen LogP contribution is -1.99. The van der Waals surface area contributed by atoms with Gasteiger partial charge in [-0.2, -0.15) is 0 Å². The van der Waals surface area contributed by atoms with E-state index in [1.54, 1.807) is 0 Å². The number of nitrogens with zero attached hydrogens (tertiary/aromatic N) is 2. The lowest BCUT2D eigenvalue weighted by Gasteiger charge is -2.14. The molecule has 0 spiro atoms. The molecule has 10 rings (SSSR count). The fraction of sp³-hybridized carbons (Fsp3) is 0. The van der Waals surface area contributed by atoms with Crippen molar-refractivity contribution >= 4 is 85.8 Å². The SMILES string of the molecule is c1ccc(-c2cc(-n3c4cc5sc6c7ccccc7ccc6c5cc4c4ccc5ccccc5c43)nc3ccccc23)cc1. The average Bonchev–Trinajstić information content (AvgIpc) is 3.62. The molecule has 44 heavy (non-hydrogen) atoms. The Balaban J connectivity index is 1.38. The fourth-order valence-electron chi connectivity index (χ4n) is 7.14. The number of rotatable bonds is 2. The van der Waals surface area contributed by atoms with Gasteiger partial charge in [-0.1, -0.05) is 121 Å². The van der Waals surface area contributed by atoms with Crippen LogP contribution in [0.5, 0.6) is 0 Å². The largest absolute Gasteiger partial charge is 0.293 e. The lowest BCUT2D eigenvalue weighted by molar-refractivity contribution is 1.11. The van der Waals surface area contributed by atoms with Gasteiger partial charge in [0.05, 0.1) is 16.6 Å². The molecule has 0 bridgehead atoms. The fourth-order valence-corrected chi connectivity index (χ4v) is 8.40. The summed E-state index contributed by atoms with van der Waals surface area (Å²) in [7, 11) is 0. The van der Waals surface area contributed by atoms with Crippen LogP contribution in [0.3, 0.4) is 0 Å². The lowest BCUT2D eigenvalue weighted by atomic mass is 10.0. The van der Waals surface area contributed by atoms with Crippen molar-refractivity contribution in [2.45, 2.75) is 0 Å². The Labute approximate surface area is 257 Å². The minimum Gasteiger partial charge on any atom is -0.293 e. The average molecular weight is 577 g/mol. The standard InChI is InChI=1S/C41H24N2S/c1-2-10-25(11-3-1)33-23-39(42-36-17-9-8-16-30(33)36)43-37-24-38-35(32-21-19-27-13-5-7-15-29(27)41(32)44-38)22-34(37)31-20-18-26-12-4-6-14-28(26)40(31)43/h1-24H. The molecule has 0 aliphatic carbocycles. The van der Waals surface area contributed by atoms with E-state index < -0.39 is 0 Å². The van der Waals surface area contributed by atoms with Crippen LogP contribution >= 0.6 is 11.3 Å². The van der Waals surface area contributed by atoms with Gasteiger partial charge in [-0.15, -0.1) is 11.3 Å². The quantitative estimate of drug-likeness (QED) is 0.200. The summed E-state index contributed by atoms with van der Waals surface area (Å²) in [6.45, 7) is 0. The second-order valence-electron chi connectivity index (χ2n) is 11.6. The molecule has 10 aromatic rings. The van der Waals surface area contributed by atoms with E-state index >= 15 is 0 Å². The predicted molar refractivity (Wildman–Crippen MR) is 189 cm³/mol. The first-order chi connectivity index (χ1) is 21.8. The third kappa shape index (κ3) is 3.33. The van der Waals surface area contributed by atoms with Crippen LogP contribution in [0.25, 0.3) is 91.4 Å². The third-order valence-electron chi connectivity index (χ3n) is 9.15. The number of benzene rings is 7. The van der Waals surface area contributed by atoms with Crippen molar-refractivity contribution in [1.29, 1.82) is 0 Å². The van der Waals surface area contributed by atoms with Gasteiger partial charge >= 0.3 is 0 Å². The molecule has 0 saturated carbocycles. The maximum absolute atomic E-state index is 5.34. The Hall–Kier alpha value is -5.51. The van der Waals surface area contributed by atoms with E-state index in [1.807, 2.05) is 11.3 Å². The van der Waals surface area contributed by atoms with Crippen LogP contribution in [0.1, 0.15) is 0 Å². The van der Waals surface area contributed by atoms with Crippen molar-refractivity contribution in [3.05, 3.63) is 146 Å². The molecule has 3 heteroatoms. The van der Waals surface area contributed by atoms with E-state index in [-0.39, 0.29) is 0 Å². The molecule has 0 radical (unpaired) electrons. The van der Waals surface area contributed by atoms with E-state index in [0.29, 0.717) is 0 Å². The molecule has 204 valence electrons. The van der Waals surface area contributed by atoms with E-state index in [4.69, 9.17) is 4.98 Å². The van der Waals surface area contributed by atoms with Gasteiger partial charge in [0.15, 0.2) is 0 Å². The third-order valence-corrected chi connectivity index (χ3v) is 10.4. The zero-order chi connectivity index (χ0) is 28.8. The summed E-state index contributed by atoms with van der Waals surface area (Å²) < 4.78 is 5.05. The van der Waals surface area contributed by atoms with Crippen molar-refractivity contribution < 1.29 is 0 Å². The number of hydrogen-bond acceptors (Lipinski definition) is 2. The highest BCUT2D eigenvalue weighted by Crippen LogP contribution is 2.44. The van der Waals surface area contributed by atoms with Crippen LogP contribution < -0.4 is 0 Å². The highest BCUT2D eigenvalue weighted by molar-refractivity contribution is 7.26. The van der Waals surface area contributed by atoms with Gasteiger partial charge in [-0.25, -0.2) is 4.98 Å². The molecule has 3 aromatic heterocycles. The normalized spacial score (nSPS) is 12.1. The number of aromatic nitrogens is 2. The van der Waals surface area contributed by atoms with Crippen LogP contribution in [0.4, 0.5) is 0 Å². The molecule has 2 nitrogen and oxygen atoms in total. The number of thiophene rings is 1. The zero-order valence-electron chi connectivity index (χ0n) is 23.7. The molecule has 0 atom stereocenters. The minimum absolute atomic E-state index is 0.935. The Kier molecular flexibility index (Phi) is 4.90. The number of pyridine rings is 1. The number of hydrogen-bond donors (Lipinski definition) is 0. The summed E-state index contributed by atoms with van der Waals surface area (Å²) in [5.41, 5.74) is 5.76. The topological polar surface area (TPSA) is 17.8 Å². The Morgan fingerprint density at radius 2 is 1.16 bits per heavy atom. The first-order valence-electron chi connectivity index (χ1n) is 15.0. The monoisotopic (exact) mass is 576 g/mol. The van der Waals surface area contributed by atoms with Crippen molar-refractivity contribution in [2.24, 2.45) is 0 Å². The summed E-state index contributed by atoms with van der Waals surface area (Å²) in [4.78, 5) is 5.34. The highest BCUT2D eigenvalue weighted by atomic mass is 32.1. The van der Waals surface area contributed by atoms with E-state index in [2.05, 4.69) is 150 Å². The second-order valence-corrected chi connectivity index (χ2v) is 12.6. The smallest absolute Gasteiger partial charge is 0.138 e. The summed E-state index contributed by atoms with van der Waals surface area (Å²) in [6.07, 6.45) is 0. The van der Waals surface area contributed by atoms with Crippen LogP contribution in [0.2, 0.25) is 0 Å². The van der Waals surface area contributed by atoms with Gasteiger partial charge in [0.2, 0.25) is 0 Å². The zero-order valence-corrected chi connectivity index (χ0v) is 24.5. The van der Waals surface area contributed by atoms with Crippen molar-refractivity contribution in [2.75, 3.05) is 0 Å². The maximum atomic E-state index is 5.34. The van der Waals surface area contributed by atoms with Crippen LogP contribution in [-0.4, -0.2) is 9.55 Å². The predicted octanol–water partition coefficient (Wildman–Crippen LogP) is 11.7. The molecular formula is C41H24N2S. The molecule has 0 amide bonds. The van der Waals surface area contributed by atoms with Crippen molar-refractivity contribution in [1.82, 2.24) is 9.55 Å². The number of fused-ring (bicyclic) bond motifs is 11. The summed E-state index contributed by atoms with van der Waals surface area (Å²) in [6, 6.07) is 52.8. The number of para-hydroxylation sites is 1. The Morgan fingerprint density at radius 3 is 2.00 bits per heavy atom. The van der Waals surface area contributed by atoms with Gasteiger partial charge in [-0.3, -0.25) is 4.57 Å². The Bertz CT molecular complexity index is 2770. The molecular weight excluding hydrogens is 553 g/mol. The molecule has 0 N–H and O–H groups in total. The molecule has 0 saturated heterocycles. The molecule has 0 aliphatic rings. The van der Waals surface area contributed by atoms with E-state index in [9.17, 15) is 0 Å².